The van der Waals surface area contributed by atoms with Gasteiger partial charge in [-0.25, -0.2) is 0 Å². The Morgan fingerprint density at radius 1 is 1.58 bits per heavy atom. The molecule has 0 radical (unpaired) electrons. The lowest BCUT2D eigenvalue weighted by molar-refractivity contribution is -0.136. The van der Waals surface area contributed by atoms with Crippen LogP contribution in [0.5, 0.6) is 0 Å². The maximum Gasteiger partial charge on any atom is 0.225 e. The van der Waals surface area contributed by atoms with Gasteiger partial charge in [0.15, 0.2) is 0 Å². The Morgan fingerprint density at radius 2 is 2.25 bits per heavy atom. The van der Waals surface area contributed by atoms with E-state index in [0.717, 1.165) is 25.9 Å². The molecule has 1 N–H and O–H groups in total. The average molecular weight is 170 g/mol. The van der Waals surface area contributed by atoms with Gasteiger partial charge >= 0.3 is 0 Å². The van der Waals surface area contributed by atoms with Crippen molar-refractivity contribution in [2.24, 2.45) is 5.92 Å². The van der Waals surface area contributed by atoms with Crippen molar-refractivity contribution in [1.29, 1.82) is 0 Å². The summed E-state index contributed by atoms with van der Waals surface area (Å²) in [6.07, 6.45) is 3.43. The largest absolute Gasteiger partial charge is 0.344 e. The van der Waals surface area contributed by atoms with Crippen LogP contribution in [0.1, 0.15) is 19.3 Å². The Morgan fingerprint density at radius 3 is 2.67 bits per heavy atom. The van der Waals surface area contributed by atoms with Crippen molar-refractivity contribution in [3.05, 3.63) is 0 Å². The van der Waals surface area contributed by atoms with Gasteiger partial charge in [0.1, 0.15) is 0 Å². The lowest BCUT2D eigenvalue weighted by Gasteiger charge is -2.29. The van der Waals surface area contributed by atoms with Crippen LogP contribution in [0.3, 0.4) is 0 Å². The van der Waals surface area contributed by atoms with Crippen LogP contribution in [0.25, 0.3) is 0 Å². The molecule has 1 aliphatic rings. The Hall–Kier alpha value is -0.570. The predicted octanol–water partition coefficient (Wildman–Crippen LogP) is 0.464. The third-order valence-corrected chi connectivity index (χ3v) is 2.53. The van der Waals surface area contributed by atoms with Crippen molar-refractivity contribution >= 4 is 5.91 Å². The van der Waals surface area contributed by atoms with E-state index in [9.17, 15) is 4.79 Å². The van der Waals surface area contributed by atoms with Gasteiger partial charge in [-0.2, -0.15) is 0 Å². The summed E-state index contributed by atoms with van der Waals surface area (Å²) < 4.78 is 0. The second kappa shape index (κ2) is 4.45. The van der Waals surface area contributed by atoms with E-state index in [4.69, 9.17) is 0 Å². The molecule has 0 aromatic rings. The summed E-state index contributed by atoms with van der Waals surface area (Å²) in [6.45, 7) is 1.71. The molecular weight excluding hydrogens is 152 g/mol. The van der Waals surface area contributed by atoms with Crippen LogP contribution in [0.15, 0.2) is 0 Å². The van der Waals surface area contributed by atoms with E-state index in [-0.39, 0.29) is 0 Å². The van der Waals surface area contributed by atoms with Gasteiger partial charge in [0.2, 0.25) is 5.91 Å². The van der Waals surface area contributed by atoms with Gasteiger partial charge in [-0.1, -0.05) is 6.42 Å². The zero-order valence-electron chi connectivity index (χ0n) is 7.97. The first-order valence-electron chi connectivity index (χ1n) is 4.65. The van der Waals surface area contributed by atoms with E-state index >= 15 is 0 Å². The van der Waals surface area contributed by atoms with E-state index in [0.29, 0.717) is 11.8 Å². The number of carbonyl (C=O) groups excluding carboxylic acids is 1. The maximum atomic E-state index is 11.5. The fourth-order valence-corrected chi connectivity index (χ4v) is 1.36. The highest BCUT2D eigenvalue weighted by atomic mass is 16.2. The first kappa shape index (κ1) is 9.52. The van der Waals surface area contributed by atoms with Crippen molar-refractivity contribution < 1.29 is 4.79 Å². The highest BCUT2D eigenvalue weighted by Gasteiger charge is 2.27. The molecule has 0 unspecified atom stereocenters. The minimum absolute atomic E-state index is 0.330. The van der Waals surface area contributed by atoms with Gasteiger partial charge in [0.25, 0.3) is 0 Å². The smallest absolute Gasteiger partial charge is 0.225 e. The number of nitrogens with one attached hydrogen (secondary N) is 1. The summed E-state index contributed by atoms with van der Waals surface area (Å²) in [5.74, 6) is 0.670. The van der Waals surface area contributed by atoms with Gasteiger partial charge in [0, 0.05) is 26.1 Å². The fraction of sp³-hybridized carbons (Fsp3) is 0.889. The SMILES string of the molecule is CNCCN(C)C(=O)C1CCC1. The summed E-state index contributed by atoms with van der Waals surface area (Å²) >= 11 is 0. The lowest BCUT2D eigenvalue weighted by Crippen LogP contribution is -2.39. The summed E-state index contributed by atoms with van der Waals surface area (Å²) in [5.41, 5.74) is 0. The van der Waals surface area contributed by atoms with Crippen LogP contribution in [0.4, 0.5) is 0 Å². The Balaban J connectivity index is 2.20. The van der Waals surface area contributed by atoms with Crippen molar-refractivity contribution in [3.8, 4) is 0 Å². The van der Waals surface area contributed by atoms with Crippen molar-refractivity contribution in [3.63, 3.8) is 0 Å². The third-order valence-electron chi connectivity index (χ3n) is 2.53. The monoisotopic (exact) mass is 170 g/mol. The van der Waals surface area contributed by atoms with Gasteiger partial charge in [-0.05, 0) is 19.9 Å². The van der Waals surface area contributed by atoms with Gasteiger partial charge in [0.05, 0.1) is 0 Å². The van der Waals surface area contributed by atoms with Crippen molar-refractivity contribution in [1.82, 2.24) is 10.2 Å². The number of hydrogen-bond donors (Lipinski definition) is 1. The molecule has 70 valence electrons. The van der Waals surface area contributed by atoms with E-state index < -0.39 is 0 Å². The zero-order chi connectivity index (χ0) is 8.97. The second-order valence-electron chi connectivity index (χ2n) is 3.49. The molecule has 0 aliphatic heterocycles. The average Bonchev–Trinajstić information content (AvgIpc) is 1.96. The zero-order valence-corrected chi connectivity index (χ0v) is 7.97. The molecule has 0 atom stereocenters. The molecule has 0 heterocycles. The topological polar surface area (TPSA) is 32.3 Å². The molecule has 1 amide bonds. The third kappa shape index (κ3) is 2.21. The Kier molecular flexibility index (Phi) is 3.53. The molecule has 1 aliphatic carbocycles. The van der Waals surface area contributed by atoms with Crippen LogP contribution >= 0.6 is 0 Å². The summed E-state index contributed by atoms with van der Waals surface area (Å²) in [7, 11) is 3.79. The molecule has 0 aromatic carbocycles. The minimum atomic E-state index is 0.330. The standard InChI is InChI=1S/C9H18N2O/c1-10-6-7-11(2)9(12)8-4-3-5-8/h8,10H,3-7H2,1-2H3. The predicted molar refractivity (Wildman–Crippen MR) is 48.9 cm³/mol. The van der Waals surface area contributed by atoms with Gasteiger partial charge < -0.3 is 10.2 Å². The maximum absolute atomic E-state index is 11.5. The number of hydrogen-bond acceptors (Lipinski definition) is 2. The summed E-state index contributed by atoms with van der Waals surface area (Å²) in [6, 6.07) is 0. The fourth-order valence-electron chi connectivity index (χ4n) is 1.36. The number of carbonyl (C=O) groups is 1. The van der Waals surface area contributed by atoms with Crippen molar-refractivity contribution in [2.75, 3.05) is 27.2 Å². The van der Waals surface area contributed by atoms with Crippen LogP contribution < -0.4 is 5.32 Å². The van der Waals surface area contributed by atoms with Gasteiger partial charge in [-0.3, -0.25) is 4.79 Å². The summed E-state index contributed by atoms with van der Waals surface area (Å²) in [4.78, 5) is 13.4. The van der Waals surface area contributed by atoms with Crippen molar-refractivity contribution in [2.45, 2.75) is 19.3 Å². The molecule has 3 heteroatoms. The van der Waals surface area contributed by atoms with Gasteiger partial charge in [-0.15, -0.1) is 0 Å². The molecule has 0 aromatic heterocycles. The normalized spacial score (nSPS) is 17.2. The second-order valence-corrected chi connectivity index (χ2v) is 3.49. The molecule has 0 bridgehead atoms. The molecule has 12 heavy (non-hydrogen) atoms. The van der Waals surface area contributed by atoms with E-state index in [1.165, 1.54) is 6.42 Å². The molecule has 3 nitrogen and oxygen atoms in total. The van der Waals surface area contributed by atoms with E-state index in [2.05, 4.69) is 5.32 Å². The number of likely N-dealkylation sites (N-methyl/N-ethyl adjacent to an activating group) is 2. The van der Waals surface area contributed by atoms with Crippen LogP contribution in [-0.2, 0) is 4.79 Å². The number of nitrogens with zero attached hydrogens (tertiary/aromatic N) is 1. The van der Waals surface area contributed by atoms with E-state index in [1.54, 1.807) is 0 Å². The van der Waals surface area contributed by atoms with Crippen LogP contribution in [0.2, 0.25) is 0 Å². The summed E-state index contributed by atoms with van der Waals surface area (Å²) in [5, 5.41) is 3.03. The Labute approximate surface area is 74.1 Å². The highest BCUT2D eigenvalue weighted by molar-refractivity contribution is 5.79. The molecule has 1 fully saturated rings. The quantitative estimate of drug-likeness (QED) is 0.665. The van der Waals surface area contributed by atoms with Crippen LogP contribution in [-0.4, -0.2) is 38.0 Å². The highest BCUT2D eigenvalue weighted by Crippen LogP contribution is 2.27. The molecular formula is C9H18N2O. The Bertz CT molecular complexity index is 155. The molecule has 0 spiro atoms. The molecule has 1 rings (SSSR count). The first-order valence-corrected chi connectivity index (χ1v) is 4.65. The van der Waals surface area contributed by atoms with Crippen LogP contribution in [0, 0.1) is 5.92 Å². The first-order chi connectivity index (χ1) is 5.75. The number of amides is 1. The molecule has 1 saturated carbocycles. The minimum Gasteiger partial charge on any atom is -0.344 e. The number of rotatable bonds is 4. The lowest BCUT2D eigenvalue weighted by atomic mass is 9.84. The van der Waals surface area contributed by atoms with E-state index in [1.807, 2.05) is 19.0 Å². The molecule has 0 saturated heterocycles.